The summed E-state index contributed by atoms with van der Waals surface area (Å²) in [6.07, 6.45) is 1.09. The second kappa shape index (κ2) is 8.54. The first kappa shape index (κ1) is 18.7. The minimum atomic E-state index is -0.207. The molecule has 144 valence electrons. The van der Waals surface area contributed by atoms with Gasteiger partial charge in [-0.15, -0.1) is 11.3 Å². The van der Waals surface area contributed by atoms with Gasteiger partial charge in [-0.3, -0.25) is 9.69 Å². The number of carbonyl (C=O) groups is 1. The number of hydrogen-bond donors (Lipinski definition) is 1. The Bertz CT molecular complexity index is 911. The molecule has 1 N–H and O–H groups in total. The predicted octanol–water partition coefficient (Wildman–Crippen LogP) is 4.79. The van der Waals surface area contributed by atoms with E-state index in [-0.39, 0.29) is 17.8 Å². The van der Waals surface area contributed by atoms with Crippen LogP contribution in [0, 0.1) is 5.82 Å². The third kappa shape index (κ3) is 4.77. The molecule has 2 aromatic carbocycles. The van der Waals surface area contributed by atoms with Gasteiger partial charge < -0.3 is 10.1 Å². The zero-order valence-corrected chi connectivity index (χ0v) is 16.1. The molecule has 2 heterocycles. The quantitative estimate of drug-likeness (QED) is 0.651. The predicted molar refractivity (Wildman–Crippen MR) is 109 cm³/mol. The Hall–Kier alpha value is -2.70. The topological polar surface area (TPSA) is 41.6 Å². The fraction of sp³-hybridized carbons (Fsp3) is 0.227. The van der Waals surface area contributed by atoms with Gasteiger partial charge in [-0.2, -0.15) is 0 Å². The van der Waals surface area contributed by atoms with E-state index in [0.717, 1.165) is 43.1 Å². The lowest BCUT2D eigenvalue weighted by molar-refractivity contribution is 0.103. The third-order valence-electron chi connectivity index (χ3n) is 4.71. The molecule has 4 nitrogen and oxygen atoms in total. The summed E-state index contributed by atoms with van der Waals surface area (Å²) in [6, 6.07) is 17.8. The molecule has 3 aromatic rings. The van der Waals surface area contributed by atoms with Gasteiger partial charge in [-0.1, -0.05) is 18.2 Å². The lowest BCUT2D eigenvalue weighted by Crippen LogP contribution is -2.24. The number of thiophene rings is 1. The van der Waals surface area contributed by atoms with Crippen LogP contribution in [0.3, 0.4) is 0 Å². The number of halogens is 1. The van der Waals surface area contributed by atoms with Crippen LogP contribution in [-0.4, -0.2) is 30.0 Å². The first-order valence-electron chi connectivity index (χ1n) is 9.24. The number of rotatable bonds is 6. The molecule has 1 saturated heterocycles. The number of anilines is 1. The molecule has 1 aliphatic heterocycles. The summed E-state index contributed by atoms with van der Waals surface area (Å²) in [5.74, 6) is 0.486. The monoisotopic (exact) mass is 396 g/mol. The van der Waals surface area contributed by atoms with E-state index in [2.05, 4.69) is 10.2 Å². The van der Waals surface area contributed by atoms with Crippen molar-refractivity contribution in [2.45, 2.75) is 19.1 Å². The average molecular weight is 396 g/mol. The zero-order valence-electron chi connectivity index (χ0n) is 15.3. The summed E-state index contributed by atoms with van der Waals surface area (Å²) in [6.45, 7) is 2.60. The van der Waals surface area contributed by atoms with Gasteiger partial charge in [0, 0.05) is 25.3 Å². The smallest absolute Gasteiger partial charge is 0.265 e. The highest BCUT2D eigenvalue weighted by Gasteiger charge is 2.24. The second-order valence-corrected chi connectivity index (χ2v) is 7.79. The molecule has 1 fully saturated rings. The van der Waals surface area contributed by atoms with Crippen LogP contribution in [0.1, 0.15) is 21.7 Å². The standard InChI is InChI=1S/C22H21FN2O2S/c23-17-5-3-16(4-6-17)14-25-12-11-20(15-25)27-19-9-7-18(8-10-19)24-22(26)21-2-1-13-28-21/h1-10,13,20H,11-12,14-15H2,(H,24,26). The molecule has 28 heavy (non-hydrogen) atoms. The Morgan fingerprint density at radius 1 is 1.14 bits per heavy atom. The van der Waals surface area contributed by atoms with Crippen LogP contribution >= 0.6 is 11.3 Å². The van der Waals surface area contributed by atoms with Gasteiger partial charge in [0.25, 0.3) is 5.91 Å². The summed E-state index contributed by atoms with van der Waals surface area (Å²) < 4.78 is 19.1. The molecule has 0 aliphatic carbocycles. The number of amides is 1. The van der Waals surface area contributed by atoms with Gasteiger partial charge in [-0.05, 0) is 59.8 Å². The number of carbonyl (C=O) groups excluding carboxylic acids is 1. The molecule has 0 spiro atoms. The molecule has 0 radical (unpaired) electrons. The number of benzene rings is 2. The highest BCUT2D eigenvalue weighted by atomic mass is 32.1. The highest BCUT2D eigenvalue weighted by molar-refractivity contribution is 7.12. The number of nitrogens with one attached hydrogen (secondary N) is 1. The summed E-state index contributed by atoms with van der Waals surface area (Å²) in [5.41, 5.74) is 1.85. The van der Waals surface area contributed by atoms with Crippen LogP contribution in [0.4, 0.5) is 10.1 Å². The van der Waals surface area contributed by atoms with Crippen molar-refractivity contribution in [1.82, 2.24) is 4.90 Å². The van der Waals surface area contributed by atoms with E-state index < -0.39 is 0 Å². The maximum Gasteiger partial charge on any atom is 0.265 e. The molecule has 0 bridgehead atoms. The van der Waals surface area contributed by atoms with Gasteiger partial charge in [0.05, 0.1) is 4.88 Å². The molecular weight excluding hydrogens is 375 g/mol. The van der Waals surface area contributed by atoms with E-state index in [1.165, 1.54) is 23.5 Å². The van der Waals surface area contributed by atoms with Crippen LogP contribution in [0.15, 0.2) is 66.0 Å². The lowest BCUT2D eigenvalue weighted by atomic mass is 10.2. The van der Waals surface area contributed by atoms with Crippen molar-refractivity contribution in [3.05, 3.63) is 82.3 Å². The SMILES string of the molecule is O=C(Nc1ccc(OC2CCN(Cc3ccc(F)cc3)C2)cc1)c1cccs1. The van der Waals surface area contributed by atoms with Gasteiger partial charge in [0.15, 0.2) is 0 Å². The fourth-order valence-corrected chi connectivity index (χ4v) is 3.91. The fourth-order valence-electron chi connectivity index (χ4n) is 3.29. The number of ether oxygens (including phenoxy) is 1. The normalized spacial score (nSPS) is 16.8. The van der Waals surface area contributed by atoms with E-state index in [1.54, 1.807) is 6.07 Å². The van der Waals surface area contributed by atoms with Crippen LogP contribution in [0.5, 0.6) is 5.75 Å². The van der Waals surface area contributed by atoms with Crippen molar-refractivity contribution >= 4 is 22.9 Å². The van der Waals surface area contributed by atoms with Crippen molar-refractivity contribution in [2.24, 2.45) is 0 Å². The largest absolute Gasteiger partial charge is 0.489 e. The molecule has 1 amide bonds. The van der Waals surface area contributed by atoms with E-state index in [0.29, 0.717) is 4.88 Å². The first-order chi connectivity index (χ1) is 13.7. The van der Waals surface area contributed by atoms with E-state index in [4.69, 9.17) is 4.74 Å². The first-order valence-corrected chi connectivity index (χ1v) is 10.1. The Morgan fingerprint density at radius 3 is 2.64 bits per heavy atom. The number of nitrogens with zero attached hydrogens (tertiary/aromatic N) is 1. The summed E-state index contributed by atoms with van der Waals surface area (Å²) in [7, 11) is 0. The summed E-state index contributed by atoms with van der Waals surface area (Å²) >= 11 is 1.42. The Labute approximate surface area is 167 Å². The lowest BCUT2D eigenvalue weighted by Gasteiger charge is -2.17. The molecule has 4 rings (SSSR count). The van der Waals surface area contributed by atoms with Crippen LogP contribution in [0.2, 0.25) is 0 Å². The third-order valence-corrected chi connectivity index (χ3v) is 5.58. The van der Waals surface area contributed by atoms with Crippen molar-refractivity contribution in [3.63, 3.8) is 0 Å². The second-order valence-electron chi connectivity index (χ2n) is 6.85. The van der Waals surface area contributed by atoms with Gasteiger partial charge in [-0.25, -0.2) is 4.39 Å². The molecule has 1 aromatic heterocycles. The van der Waals surface area contributed by atoms with Gasteiger partial charge >= 0.3 is 0 Å². The molecule has 6 heteroatoms. The Kier molecular flexibility index (Phi) is 5.69. The summed E-state index contributed by atoms with van der Waals surface area (Å²) in [4.78, 5) is 15.1. The maximum absolute atomic E-state index is 13.0. The zero-order chi connectivity index (χ0) is 19.3. The van der Waals surface area contributed by atoms with Crippen LogP contribution < -0.4 is 10.1 Å². The molecule has 0 saturated carbocycles. The van der Waals surface area contributed by atoms with Gasteiger partial charge in [0.2, 0.25) is 0 Å². The number of hydrogen-bond acceptors (Lipinski definition) is 4. The van der Waals surface area contributed by atoms with Crippen LogP contribution in [-0.2, 0) is 6.54 Å². The molecular formula is C22H21FN2O2S. The minimum Gasteiger partial charge on any atom is -0.489 e. The van der Waals surface area contributed by atoms with Crippen molar-refractivity contribution < 1.29 is 13.9 Å². The Balaban J connectivity index is 1.27. The average Bonchev–Trinajstić information content (AvgIpc) is 3.38. The van der Waals surface area contributed by atoms with Crippen LogP contribution in [0.25, 0.3) is 0 Å². The van der Waals surface area contributed by atoms with Crippen molar-refractivity contribution in [2.75, 3.05) is 18.4 Å². The molecule has 1 aliphatic rings. The van der Waals surface area contributed by atoms with E-state index >= 15 is 0 Å². The van der Waals surface area contributed by atoms with E-state index in [9.17, 15) is 9.18 Å². The minimum absolute atomic E-state index is 0.101. The molecule has 1 unspecified atom stereocenters. The summed E-state index contributed by atoms with van der Waals surface area (Å²) in [5, 5.41) is 4.77. The van der Waals surface area contributed by atoms with Crippen molar-refractivity contribution in [3.8, 4) is 5.75 Å². The molecule has 1 atom stereocenters. The van der Waals surface area contributed by atoms with Crippen molar-refractivity contribution in [1.29, 1.82) is 0 Å². The van der Waals surface area contributed by atoms with Gasteiger partial charge in [0.1, 0.15) is 17.7 Å². The Morgan fingerprint density at radius 2 is 1.93 bits per heavy atom. The van der Waals surface area contributed by atoms with E-state index in [1.807, 2.05) is 47.8 Å². The number of likely N-dealkylation sites (tertiary alicyclic amines) is 1. The highest BCUT2D eigenvalue weighted by Crippen LogP contribution is 2.22. The maximum atomic E-state index is 13.0.